The lowest BCUT2D eigenvalue weighted by Crippen LogP contribution is -2.48. The van der Waals surface area contributed by atoms with Crippen LogP contribution in [0.4, 0.5) is 0 Å². The highest BCUT2D eigenvalue weighted by molar-refractivity contribution is 6.43. The molecule has 5 aliphatic carbocycles. The van der Waals surface area contributed by atoms with Crippen molar-refractivity contribution in [1.82, 2.24) is 5.32 Å². The van der Waals surface area contributed by atoms with Gasteiger partial charge in [0, 0.05) is 35.3 Å². The quantitative estimate of drug-likeness (QED) is 0.199. The van der Waals surface area contributed by atoms with Crippen LogP contribution >= 0.6 is 69.6 Å². The van der Waals surface area contributed by atoms with Gasteiger partial charge < -0.3 is 20.6 Å². The van der Waals surface area contributed by atoms with Gasteiger partial charge in [0.2, 0.25) is 0 Å². The molecule has 0 aromatic heterocycles. The van der Waals surface area contributed by atoms with E-state index in [1.807, 2.05) is 36.4 Å². The predicted octanol–water partition coefficient (Wildman–Crippen LogP) is 14.2. The van der Waals surface area contributed by atoms with Crippen molar-refractivity contribution < 1.29 is 15.3 Å². The van der Waals surface area contributed by atoms with E-state index in [1.165, 1.54) is 55.2 Å². The van der Waals surface area contributed by atoms with Gasteiger partial charge >= 0.3 is 0 Å². The molecule has 1 unspecified atom stereocenters. The molecule has 3 aromatic carbocycles. The molecular weight excluding hydrogens is 851 g/mol. The van der Waals surface area contributed by atoms with Crippen LogP contribution in [-0.2, 0) is 16.2 Å². The summed E-state index contributed by atoms with van der Waals surface area (Å²) in [4.78, 5) is 0. The minimum atomic E-state index is -0.541. The van der Waals surface area contributed by atoms with Crippen molar-refractivity contribution >= 4 is 69.6 Å². The molecule has 0 amide bonds. The molecule has 0 spiro atoms. The molecule has 10 heteroatoms. The maximum atomic E-state index is 11.2. The highest BCUT2D eigenvalue weighted by Gasteiger charge is 2.55. The van der Waals surface area contributed by atoms with Gasteiger partial charge in [-0.05, 0) is 117 Å². The molecule has 0 bridgehead atoms. The van der Waals surface area contributed by atoms with Gasteiger partial charge in [-0.2, -0.15) is 0 Å². The molecular formula is C48H63Cl6NO3. The maximum absolute atomic E-state index is 11.2. The smallest absolute Gasteiger partial charge is 0.0743 e. The molecule has 5 saturated carbocycles. The molecule has 4 nitrogen and oxygen atoms in total. The summed E-state index contributed by atoms with van der Waals surface area (Å²) in [5.74, 6) is 0.284. The third kappa shape index (κ3) is 8.89. The van der Waals surface area contributed by atoms with Gasteiger partial charge in [-0.3, -0.25) is 0 Å². The van der Waals surface area contributed by atoms with E-state index in [1.54, 1.807) is 0 Å². The summed E-state index contributed by atoms with van der Waals surface area (Å²) in [5, 5.41) is 39.6. The Labute approximate surface area is 377 Å². The molecule has 9 rings (SSSR count). The van der Waals surface area contributed by atoms with E-state index >= 15 is 0 Å². The van der Waals surface area contributed by atoms with Crippen molar-refractivity contribution in [3.8, 4) is 0 Å². The van der Waals surface area contributed by atoms with Crippen molar-refractivity contribution in [2.45, 2.75) is 169 Å². The zero-order valence-electron chi connectivity index (χ0n) is 33.0. The van der Waals surface area contributed by atoms with Crippen LogP contribution in [0.3, 0.4) is 0 Å². The van der Waals surface area contributed by atoms with Crippen LogP contribution in [0.5, 0.6) is 0 Å². The van der Waals surface area contributed by atoms with Crippen LogP contribution in [0.15, 0.2) is 54.6 Å². The monoisotopic (exact) mass is 911 g/mol. The van der Waals surface area contributed by atoms with Crippen LogP contribution in [0.2, 0.25) is 30.1 Å². The summed E-state index contributed by atoms with van der Waals surface area (Å²) in [6.07, 6.45) is 21.8. The second-order valence-electron chi connectivity index (χ2n) is 18.1. The van der Waals surface area contributed by atoms with Gasteiger partial charge in [0.1, 0.15) is 0 Å². The molecule has 320 valence electrons. The van der Waals surface area contributed by atoms with E-state index in [0.717, 1.165) is 96.4 Å². The highest BCUT2D eigenvalue weighted by Crippen LogP contribution is 2.57. The first-order valence-electron chi connectivity index (χ1n) is 21.5. The van der Waals surface area contributed by atoms with E-state index < -0.39 is 11.2 Å². The Morgan fingerprint density at radius 1 is 0.431 bits per heavy atom. The molecule has 1 heterocycles. The minimum Gasteiger partial charge on any atom is -0.391 e. The summed E-state index contributed by atoms with van der Waals surface area (Å²) in [6.45, 7) is 1.59. The fourth-order valence-corrected chi connectivity index (χ4v) is 13.3. The molecule has 1 saturated heterocycles. The first-order valence-corrected chi connectivity index (χ1v) is 23.8. The maximum Gasteiger partial charge on any atom is 0.0743 e. The van der Waals surface area contributed by atoms with Gasteiger partial charge in [0.15, 0.2) is 0 Å². The number of β-amino-alcohol motifs (C(OH)–C–C–N with tert-alkyl or cyclic N) is 1. The van der Waals surface area contributed by atoms with E-state index in [-0.39, 0.29) is 35.7 Å². The molecule has 4 N–H and O–H groups in total. The van der Waals surface area contributed by atoms with Gasteiger partial charge in [-0.1, -0.05) is 159 Å². The van der Waals surface area contributed by atoms with Gasteiger partial charge in [-0.15, -0.1) is 0 Å². The van der Waals surface area contributed by atoms with E-state index in [9.17, 15) is 15.3 Å². The van der Waals surface area contributed by atoms with Crippen LogP contribution in [-0.4, -0.2) is 45.7 Å². The molecule has 3 aromatic rings. The summed E-state index contributed by atoms with van der Waals surface area (Å²) in [7, 11) is 0. The first-order chi connectivity index (χ1) is 27.3. The van der Waals surface area contributed by atoms with Crippen LogP contribution in [0, 0.1) is 5.92 Å². The Morgan fingerprint density at radius 3 is 1.10 bits per heavy atom. The average molecular weight is 915 g/mol. The zero-order chi connectivity index (χ0) is 40.5. The van der Waals surface area contributed by atoms with Crippen LogP contribution < -0.4 is 5.32 Å². The number of benzene rings is 3. The third-order valence-electron chi connectivity index (χ3n) is 15.4. The molecule has 0 radical (unpaired) electrons. The Balaban J connectivity index is 0.000000145. The minimum absolute atomic E-state index is 0. The first kappa shape index (κ1) is 46.7. The zero-order valence-corrected chi connectivity index (χ0v) is 37.6. The van der Waals surface area contributed by atoms with Gasteiger partial charge in [0.05, 0.1) is 47.4 Å². The Kier molecular flexibility index (Phi) is 15.6. The second-order valence-corrected chi connectivity index (χ2v) is 20.6. The van der Waals surface area contributed by atoms with Crippen molar-refractivity contribution in [3.05, 3.63) is 101 Å². The number of hydrogen-bond acceptors (Lipinski definition) is 4. The third-order valence-corrected chi connectivity index (χ3v) is 17.6. The standard InChI is InChI=1S/2C16H20Cl2O.C15H19Cl2NO.CH4/c2*17-13-6-5-12(11-14(13)18)15(7-1-2-8-15)16(19)9-3-4-10-16;16-12-4-3-10(7-13(12)17)15(5-1-2-6-15)11-8-18-9-14(11)19;/h2*5-6,11,19H,1-4,7-10H2;3-4,7,11,14,18-19H,1-2,5-6,8-9H2;1H4/t;;11-,14?;/m..0./s1. The lowest BCUT2D eigenvalue weighted by atomic mass is 9.65. The van der Waals surface area contributed by atoms with E-state index in [0.29, 0.717) is 36.7 Å². The van der Waals surface area contributed by atoms with E-state index in [4.69, 9.17) is 69.6 Å². The van der Waals surface area contributed by atoms with Crippen LogP contribution in [0.1, 0.15) is 153 Å². The molecule has 6 fully saturated rings. The Morgan fingerprint density at radius 2 is 0.759 bits per heavy atom. The molecule has 58 heavy (non-hydrogen) atoms. The average Bonchev–Trinajstić information content (AvgIpc) is 4.05. The van der Waals surface area contributed by atoms with Crippen molar-refractivity contribution in [1.29, 1.82) is 0 Å². The van der Waals surface area contributed by atoms with Gasteiger partial charge in [0.25, 0.3) is 0 Å². The summed E-state index contributed by atoms with van der Waals surface area (Å²) >= 11 is 36.7. The molecule has 2 atom stereocenters. The predicted molar refractivity (Wildman–Crippen MR) is 246 cm³/mol. The summed E-state index contributed by atoms with van der Waals surface area (Å²) < 4.78 is 0. The number of nitrogens with one attached hydrogen (secondary N) is 1. The second kappa shape index (κ2) is 19.3. The van der Waals surface area contributed by atoms with Crippen molar-refractivity contribution in [2.24, 2.45) is 5.92 Å². The number of halogens is 6. The van der Waals surface area contributed by atoms with Crippen molar-refractivity contribution in [2.75, 3.05) is 13.1 Å². The Bertz CT molecular complexity index is 1750. The van der Waals surface area contributed by atoms with Gasteiger partial charge in [-0.25, -0.2) is 0 Å². The number of aliphatic hydroxyl groups excluding tert-OH is 1. The lowest BCUT2D eigenvalue weighted by Gasteiger charge is -2.44. The van der Waals surface area contributed by atoms with Crippen molar-refractivity contribution in [3.63, 3.8) is 0 Å². The fourth-order valence-electron chi connectivity index (χ4n) is 12.4. The highest BCUT2D eigenvalue weighted by atomic mass is 35.5. The lowest BCUT2D eigenvalue weighted by molar-refractivity contribution is -0.0333. The summed E-state index contributed by atoms with van der Waals surface area (Å²) in [5.41, 5.74) is 2.40. The van der Waals surface area contributed by atoms with Crippen LogP contribution in [0.25, 0.3) is 0 Å². The SMILES string of the molecule is C.OC1(C2(c3ccc(Cl)c(Cl)c3)CCCC2)CCCC1.OC1(C2(c3ccc(Cl)c(Cl)c3)CCCC2)CCCC1.OC1CNC[C@@H]1C1(c2ccc(Cl)c(Cl)c2)CCCC1. The topological polar surface area (TPSA) is 72.7 Å². The largest absolute Gasteiger partial charge is 0.391 e. The van der Waals surface area contributed by atoms with E-state index in [2.05, 4.69) is 23.5 Å². The number of aliphatic hydroxyl groups is 3. The normalized spacial score (nSPS) is 26.0. The fraction of sp³-hybridized carbons (Fsp3) is 0.625. The Hall–Kier alpha value is -0.760. The number of rotatable bonds is 6. The summed E-state index contributed by atoms with van der Waals surface area (Å²) in [6, 6.07) is 17.8. The molecule has 6 aliphatic rings. The number of hydrogen-bond donors (Lipinski definition) is 4. The molecule has 1 aliphatic heterocycles.